The SMILES string of the molecule is N[C@@H](CCN(Cc1cc(F)c(F)c(BO)c1)C(=O)c1cc(F)cc(BO)c1)C(=O)NC=O. The monoisotopic (exact) mass is 449 g/mol. The molecule has 0 saturated carbocycles. The van der Waals surface area contributed by atoms with Gasteiger partial charge in [0, 0.05) is 18.7 Å². The summed E-state index contributed by atoms with van der Waals surface area (Å²) in [5.41, 5.74) is 5.54. The van der Waals surface area contributed by atoms with Gasteiger partial charge in [-0.1, -0.05) is 12.1 Å². The Morgan fingerprint density at radius 3 is 2.47 bits per heavy atom. The van der Waals surface area contributed by atoms with E-state index in [-0.39, 0.29) is 48.0 Å². The quantitative estimate of drug-likeness (QED) is 0.238. The van der Waals surface area contributed by atoms with Crippen LogP contribution in [0.25, 0.3) is 0 Å². The minimum Gasteiger partial charge on any atom is -0.449 e. The van der Waals surface area contributed by atoms with Crippen LogP contribution in [0, 0.1) is 17.5 Å². The summed E-state index contributed by atoms with van der Waals surface area (Å²) in [5.74, 6) is -4.72. The Morgan fingerprint density at radius 2 is 1.84 bits per heavy atom. The van der Waals surface area contributed by atoms with Gasteiger partial charge < -0.3 is 20.7 Å². The lowest BCUT2D eigenvalue weighted by atomic mass is 9.86. The summed E-state index contributed by atoms with van der Waals surface area (Å²) in [6.07, 6.45) is 0.0517. The van der Waals surface area contributed by atoms with E-state index in [0.29, 0.717) is 0 Å². The van der Waals surface area contributed by atoms with Gasteiger partial charge in [-0.2, -0.15) is 0 Å². The fourth-order valence-corrected chi connectivity index (χ4v) is 3.03. The number of carbonyl (C=O) groups is 3. The largest absolute Gasteiger partial charge is 0.449 e. The van der Waals surface area contributed by atoms with Crippen LogP contribution in [0.4, 0.5) is 13.2 Å². The second kappa shape index (κ2) is 11.5. The first-order chi connectivity index (χ1) is 15.2. The third-order valence-electron chi connectivity index (χ3n) is 4.63. The molecule has 0 unspecified atom stereocenters. The lowest BCUT2D eigenvalue weighted by molar-refractivity contribution is -0.126. The number of rotatable bonds is 10. The van der Waals surface area contributed by atoms with Crippen molar-refractivity contribution in [3.63, 3.8) is 0 Å². The molecule has 0 aliphatic carbocycles. The topological polar surface area (TPSA) is 133 Å². The molecule has 32 heavy (non-hydrogen) atoms. The highest BCUT2D eigenvalue weighted by Crippen LogP contribution is 2.14. The third kappa shape index (κ3) is 6.42. The molecule has 0 aliphatic heterocycles. The van der Waals surface area contributed by atoms with Crippen molar-refractivity contribution >= 4 is 44.1 Å². The number of imide groups is 1. The first kappa shape index (κ1) is 25.1. The average Bonchev–Trinajstić information content (AvgIpc) is 2.77. The molecule has 3 amide bonds. The molecule has 2 rings (SSSR count). The fourth-order valence-electron chi connectivity index (χ4n) is 3.03. The molecule has 2 aromatic rings. The van der Waals surface area contributed by atoms with Crippen molar-refractivity contribution in [2.75, 3.05) is 6.54 Å². The van der Waals surface area contributed by atoms with Gasteiger partial charge in [0.15, 0.2) is 11.6 Å². The molecule has 0 spiro atoms. The van der Waals surface area contributed by atoms with Gasteiger partial charge in [0.05, 0.1) is 6.04 Å². The maximum absolute atomic E-state index is 13.9. The second-order valence-corrected chi connectivity index (χ2v) is 6.96. The van der Waals surface area contributed by atoms with Crippen LogP contribution in [0.15, 0.2) is 30.3 Å². The zero-order valence-electron chi connectivity index (χ0n) is 16.9. The first-order valence-electron chi connectivity index (χ1n) is 9.47. The second-order valence-electron chi connectivity index (χ2n) is 6.96. The molecule has 0 saturated heterocycles. The Bertz CT molecular complexity index is 1010. The molecular formula is C19H20B2F3N3O5. The Balaban J connectivity index is 2.35. The number of nitrogens with one attached hydrogen (secondary N) is 1. The predicted octanol–water partition coefficient (Wildman–Crippen LogP) is -2.33. The van der Waals surface area contributed by atoms with Crippen molar-refractivity contribution < 1.29 is 37.6 Å². The van der Waals surface area contributed by atoms with Gasteiger partial charge >= 0.3 is 15.0 Å². The summed E-state index contributed by atoms with van der Waals surface area (Å²) in [7, 11) is -1.29. The summed E-state index contributed by atoms with van der Waals surface area (Å²) < 4.78 is 41.5. The van der Waals surface area contributed by atoms with Gasteiger partial charge in [-0.05, 0) is 41.1 Å². The Labute approximate surface area is 182 Å². The molecule has 1 atom stereocenters. The Morgan fingerprint density at radius 1 is 1.12 bits per heavy atom. The average molecular weight is 449 g/mol. The number of carbonyl (C=O) groups excluding carboxylic acids is 3. The minimum atomic E-state index is -1.23. The number of nitrogens with zero attached hydrogens (tertiary/aromatic N) is 1. The Kier molecular flexibility index (Phi) is 9.00. The minimum absolute atomic E-state index is 0.107. The molecular weight excluding hydrogens is 429 g/mol. The van der Waals surface area contributed by atoms with Gasteiger partial charge in [-0.25, -0.2) is 13.2 Å². The zero-order chi connectivity index (χ0) is 23.8. The van der Waals surface area contributed by atoms with E-state index in [1.807, 2.05) is 5.32 Å². The van der Waals surface area contributed by atoms with Crippen molar-refractivity contribution in [3.8, 4) is 0 Å². The number of benzene rings is 2. The van der Waals surface area contributed by atoms with Crippen molar-refractivity contribution in [1.82, 2.24) is 10.2 Å². The van der Waals surface area contributed by atoms with Gasteiger partial charge in [0.25, 0.3) is 5.91 Å². The van der Waals surface area contributed by atoms with E-state index in [2.05, 4.69) is 0 Å². The smallest absolute Gasteiger partial charge is 0.307 e. The number of amides is 3. The maximum atomic E-state index is 13.9. The predicted molar refractivity (Wildman–Crippen MR) is 112 cm³/mol. The zero-order valence-corrected chi connectivity index (χ0v) is 16.9. The van der Waals surface area contributed by atoms with Crippen molar-refractivity contribution in [3.05, 3.63) is 58.9 Å². The lowest BCUT2D eigenvalue weighted by Crippen LogP contribution is -2.43. The molecule has 0 heterocycles. The molecule has 0 bridgehead atoms. The van der Waals surface area contributed by atoms with Gasteiger partial charge in [0.1, 0.15) is 5.82 Å². The van der Waals surface area contributed by atoms with Crippen LogP contribution >= 0.6 is 0 Å². The molecule has 0 radical (unpaired) electrons. The highest BCUT2D eigenvalue weighted by atomic mass is 19.2. The van der Waals surface area contributed by atoms with Crippen LogP contribution < -0.4 is 22.0 Å². The van der Waals surface area contributed by atoms with Crippen LogP contribution in [0.1, 0.15) is 22.3 Å². The molecule has 0 aliphatic rings. The highest BCUT2D eigenvalue weighted by Gasteiger charge is 2.22. The molecule has 168 valence electrons. The summed E-state index contributed by atoms with van der Waals surface area (Å²) >= 11 is 0. The Hall–Kier alpha value is -3.15. The maximum Gasteiger partial charge on any atom is 0.307 e. The van der Waals surface area contributed by atoms with Gasteiger partial charge in [0.2, 0.25) is 12.3 Å². The normalized spacial score (nSPS) is 11.4. The van der Waals surface area contributed by atoms with Gasteiger partial charge in [-0.15, -0.1) is 0 Å². The number of halogens is 3. The van der Waals surface area contributed by atoms with E-state index in [0.717, 1.165) is 23.1 Å². The highest BCUT2D eigenvalue weighted by molar-refractivity contribution is 6.46. The third-order valence-corrected chi connectivity index (χ3v) is 4.63. The number of hydrogen-bond acceptors (Lipinski definition) is 6. The standard InChI is InChI=1S/C19H20B2F3N3O5/c22-13-6-11(5-12(7-13)20-31)19(30)27(2-1-16(25)18(29)26-9-28)8-10-3-14(21-32)17(24)15(23)4-10/h3-7,9,16,20-21,31-32H,1-2,8,25H2,(H,26,28,29)/t16-/m0/s1. The molecule has 5 N–H and O–H groups in total. The summed E-state index contributed by atoms with van der Waals surface area (Å²) in [5, 5.41) is 20.4. The summed E-state index contributed by atoms with van der Waals surface area (Å²) in [6, 6.07) is 4.11. The lowest BCUT2D eigenvalue weighted by Gasteiger charge is -2.25. The molecule has 8 nitrogen and oxygen atoms in total. The van der Waals surface area contributed by atoms with Crippen LogP contribution in [0.3, 0.4) is 0 Å². The first-order valence-corrected chi connectivity index (χ1v) is 9.47. The van der Waals surface area contributed by atoms with E-state index >= 15 is 0 Å². The molecule has 0 fully saturated rings. The van der Waals surface area contributed by atoms with E-state index in [9.17, 15) is 37.6 Å². The van der Waals surface area contributed by atoms with E-state index < -0.39 is 50.3 Å². The van der Waals surface area contributed by atoms with Crippen LogP contribution in [-0.4, -0.2) is 60.7 Å². The van der Waals surface area contributed by atoms with Crippen LogP contribution in [-0.2, 0) is 16.1 Å². The van der Waals surface area contributed by atoms with Crippen molar-refractivity contribution in [2.24, 2.45) is 5.73 Å². The number of hydrogen-bond donors (Lipinski definition) is 4. The van der Waals surface area contributed by atoms with Crippen molar-refractivity contribution in [2.45, 2.75) is 19.0 Å². The number of nitrogens with two attached hydrogens (primary N) is 1. The fraction of sp³-hybridized carbons (Fsp3) is 0.211. The van der Waals surface area contributed by atoms with Crippen LogP contribution in [0.2, 0.25) is 0 Å². The van der Waals surface area contributed by atoms with E-state index in [1.54, 1.807) is 0 Å². The summed E-state index contributed by atoms with van der Waals surface area (Å²) in [4.78, 5) is 36.3. The molecule has 2 aromatic carbocycles. The molecule has 13 heteroatoms. The van der Waals surface area contributed by atoms with Crippen molar-refractivity contribution in [1.29, 1.82) is 0 Å². The van der Waals surface area contributed by atoms with Crippen LogP contribution in [0.5, 0.6) is 0 Å². The molecule has 0 aromatic heterocycles. The summed E-state index contributed by atoms with van der Waals surface area (Å²) in [6.45, 7) is -0.444. The van der Waals surface area contributed by atoms with E-state index in [4.69, 9.17) is 5.73 Å². The van der Waals surface area contributed by atoms with E-state index in [1.165, 1.54) is 12.1 Å². The van der Waals surface area contributed by atoms with Gasteiger partial charge in [-0.3, -0.25) is 19.7 Å².